The number of aryl methyl sites for hydroxylation is 1. The molecule has 0 spiro atoms. The van der Waals surface area contributed by atoms with E-state index in [4.69, 9.17) is 10.5 Å². The largest absolute Gasteiger partial charge is 0.484 e. The standard InChI is InChI=1S/C12H15F3N2O2/c1-8-2-3-9(6-17-11(18)5-16)10(4-8)19-7-12(13,14)15/h2-4H,5-7,16H2,1H3,(H,17,18). The van der Waals surface area contributed by atoms with Gasteiger partial charge in [0.2, 0.25) is 5.91 Å². The Morgan fingerprint density at radius 1 is 1.42 bits per heavy atom. The predicted molar refractivity (Wildman–Crippen MR) is 63.6 cm³/mol. The molecule has 1 amide bonds. The molecule has 0 aromatic heterocycles. The van der Waals surface area contributed by atoms with E-state index in [1.54, 1.807) is 19.1 Å². The molecule has 0 aliphatic carbocycles. The van der Waals surface area contributed by atoms with Crippen LogP contribution in [-0.2, 0) is 11.3 Å². The van der Waals surface area contributed by atoms with Crippen LogP contribution in [0, 0.1) is 6.92 Å². The fourth-order valence-corrected chi connectivity index (χ4v) is 1.37. The summed E-state index contributed by atoms with van der Waals surface area (Å²) in [4.78, 5) is 11.0. The Morgan fingerprint density at radius 3 is 2.68 bits per heavy atom. The number of ether oxygens (including phenoxy) is 1. The Hall–Kier alpha value is -1.76. The van der Waals surface area contributed by atoms with Crippen LogP contribution in [0.5, 0.6) is 5.75 Å². The van der Waals surface area contributed by atoms with Crippen LogP contribution in [0.15, 0.2) is 18.2 Å². The van der Waals surface area contributed by atoms with Crippen LogP contribution in [0.2, 0.25) is 0 Å². The van der Waals surface area contributed by atoms with Gasteiger partial charge < -0.3 is 15.8 Å². The van der Waals surface area contributed by atoms with Gasteiger partial charge >= 0.3 is 6.18 Å². The van der Waals surface area contributed by atoms with Crippen LogP contribution >= 0.6 is 0 Å². The molecular weight excluding hydrogens is 261 g/mol. The third-order valence-electron chi connectivity index (χ3n) is 2.28. The van der Waals surface area contributed by atoms with Gasteiger partial charge in [-0.1, -0.05) is 12.1 Å². The fraction of sp³-hybridized carbons (Fsp3) is 0.417. The Kier molecular flexibility index (Phi) is 5.17. The normalized spacial score (nSPS) is 11.2. The van der Waals surface area contributed by atoms with E-state index in [9.17, 15) is 18.0 Å². The number of amides is 1. The molecule has 0 bridgehead atoms. The number of benzene rings is 1. The molecule has 0 atom stereocenters. The summed E-state index contributed by atoms with van der Waals surface area (Å²) in [5, 5.41) is 2.48. The van der Waals surface area contributed by atoms with Gasteiger partial charge in [0.15, 0.2) is 6.61 Å². The molecule has 106 valence electrons. The molecule has 7 heteroatoms. The third-order valence-corrected chi connectivity index (χ3v) is 2.28. The zero-order valence-corrected chi connectivity index (χ0v) is 10.4. The van der Waals surface area contributed by atoms with Crippen LogP contribution in [0.25, 0.3) is 0 Å². The highest BCUT2D eigenvalue weighted by molar-refractivity contribution is 5.77. The Bertz CT molecular complexity index is 447. The SMILES string of the molecule is Cc1ccc(CNC(=O)CN)c(OCC(F)(F)F)c1. The molecule has 1 aromatic carbocycles. The van der Waals surface area contributed by atoms with Crippen molar-refractivity contribution in [1.29, 1.82) is 0 Å². The van der Waals surface area contributed by atoms with Gasteiger partial charge in [-0.2, -0.15) is 13.2 Å². The maximum atomic E-state index is 12.1. The number of carbonyl (C=O) groups is 1. The molecule has 19 heavy (non-hydrogen) atoms. The van der Waals surface area contributed by atoms with Gasteiger partial charge in [0.05, 0.1) is 6.54 Å². The molecule has 0 radical (unpaired) electrons. The monoisotopic (exact) mass is 276 g/mol. The number of nitrogens with one attached hydrogen (secondary N) is 1. The second-order valence-corrected chi connectivity index (χ2v) is 4.00. The molecule has 0 heterocycles. The van der Waals surface area contributed by atoms with Crippen LogP contribution in [0.3, 0.4) is 0 Å². The second-order valence-electron chi connectivity index (χ2n) is 4.00. The summed E-state index contributed by atoms with van der Waals surface area (Å²) in [6, 6.07) is 4.83. The molecule has 0 aliphatic heterocycles. The first-order valence-corrected chi connectivity index (χ1v) is 5.57. The van der Waals surface area contributed by atoms with Crippen LogP contribution in [0.1, 0.15) is 11.1 Å². The summed E-state index contributed by atoms with van der Waals surface area (Å²) in [7, 11) is 0. The van der Waals surface area contributed by atoms with E-state index in [1.807, 2.05) is 0 Å². The maximum Gasteiger partial charge on any atom is 0.422 e. The van der Waals surface area contributed by atoms with Crippen molar-refractivity contribution in [3.8, 4) is 5.75 Å². The molecule has 4 nitrogen and oxygen atoms in total. The van der Waals surface area contributed by atoms with E-state index in [0.717, 1.165) is 5.56 Å². The van der Waals surface area contributed by atoms with Gasteiger partial charge in [-0.3, -0.25) is 4.79 Å². The van der Waals surface area contributed by atoms with Gasteiger partial charge in [-0.05, 0) is 18.6 Å². The lowest BCUT2D eigenvalue weighted by molar-refractivity contribution is -0.153. The summed E-state index contributed by atoms with van der Waals surface area (Å²) in [6.07, 6.45) is -4.40. The van der Waals surface area contributed by atoms with Crippen molar-refractivity contribution in [3.05, 3.63) is 29.3 Å². The fourth-order valence-electron chi connectivity index (χ4n) is 1.37. The van der Waals surface area contributed by atoms with Crippen LogP contribution in [0.4, 0.5) is 13.2 Å². The van der Waals surface area contributed by atoms with Crippen molar-refractivity contribution in [3.63, 3.8) is 0 Å². The predicted octanol–water partition coefficient (Wildman–Crippen LogP) is 1.51. The number of hydrogen-bond acceptors (Lipinski definition) is 3. The van der Waals surface area contributed by atoms with Crippen molar-refractivity contribution in [2.24, 2.45) is 5.73 Å². The summed E-state index contributed by atoms with van der Waals surface area (Å²) in [6.45, 7) is 0.269. The number of halogens is 3. The summed E-state index contributed by atoms with van der Waals surface area (Å²) in [5.74, 6) is -0.281. The van der Waals surface area contributed by atoms with Crippen LogP contribution in [-0.4, -0.2) is 25.2 Å². The van der Waals surface area contributed by atoms with Gasteiger partial charge in [-0.25, -0.2) is 0 Å². The quantitative estimate of drug-likeness (QED) is 0.856. The average Bonchev–Trinajstić information content (AvgIpc) is 2.33. The zero-order valence-electron chi connectivity index (χ0n) is 10.4. The smallest absolute Gasteiger partial charge is 0.422 e. The lowest BCUT2D eigenvalue weighted by Gasteiger charge is -2.14. The lowest BCUT2D eigenvalue weighted by Crippen LogP contribution is -2.30. The van der Waals surface area contributed by atoms with Gasteiger partial charge in [0.25, 0.3) is 0 Å². The van der Waals surface area contributed by atoms with Crippen molar-refractivity contribution >= 4 is 5.91 Å². The highest BCUT2D eigenvalue weighted by atomic mass is 19.4. The van der Waals surface area contributed by atoms with E-state index in [-0.39, 0.29) is 24.7 Å². The topological polar surface area (TPSA) is 64.4 Å². The molecule has 0 saturated heterocycles. The van der Waals surface area contributed by atoms with Crippen molar-refractivity contribution < 1.29 is 22.7 Å². The van der Waals surface area contributed by atoms with E-state index >= 15 is 0 Å². The molecule has 0 aliphatic rings. The first kappa shape index (κ1) is 15.3. The molecular formula is C12H15F3N2O2. The van der Waals surface area contributed by atoms with Gasteiger partial charge in [0, 0.05) is 12.1 Å². The van der Waals surface area contributed by atoms with E-state index in [2.05, 4.69) is 5.32 Å². The number of carbonyl (C=O) groups excluding carboxylic acids is 1. The molecule has 0 fully saturated rings. The van der Waals surface area contributed by atoms with Crippen molar-refractivity contribution in [2.75, 3.05) is 13.2 Å². The van der Waals surface area contributed by atoms with E-state index in [0.29, 0.717) is 5.56 Å². The maximum absolute atomic E-state index is 12.1. The van der Waals surface area contributed by atoms with E-state index < -0.39 is 12.8 Å². The molecule has 1 rings (SSSR count). The summed E-state index contributed by atoms with van der Waals surface area (Å²) >= 11 is 0. The van der Waals surface area contributed by atoms with Crippen molar-refractivity contribution in [1.82, 2.24) is 5.32 Å². The Labute approximate surface area is 108 Å². The number of alkyl halides is 3. The number of rotatable bonds is 5. The number of nitrogens with two attached hydrogens (primary N) is 1. The molecule has 0 unspecified atom stereocenters. The first-order chi connectivity index (χ1) is 8.81. The second kappa shape index (κ2) is 6.42. The molecule has 3 N–H and O–H groups in total. The Morgan fingerprint density at radius 2 is 2.11 bits per heavy atom. The first-order valence-electron chi connectivity index (χ1n) is 5.57. The highest BCUT2D eigenvalue weighted by Crippen LogP contribution is 2.23. The molecule has 1 aromatic rings. The van der Waals surface area contributed by atoms with Crippen molar-refractivity contribution in [2.45, 2.75) is 19.6 Å². The van der Waals surface area contributed by atoms with Gasteiger partial charge in [0.1, 0.15) is 5.75 Å². The van der Waals surface area contributed by atoms with Crippen LogP contribution < -0.4 is 15.8 Å². The third kappa shape index (κ3) is 5.60. The summed E-state index contributed by atoms with van der Waals surface area (Å²) in [5.41, 5.74) is 6.36. The van der Waals surface area contributed by atoms with E-state index in [1.165, 1.54) is 6.07 Å². The minimum atomic E-state index is -4.40. The summed E-state index contributed by atoms with van der Waals surface area (Å²) < 4.78 is 41.1. The molecule has 0 saturated carbocycles. The highest BCUT2D eigenvalue weighted by Gasteiger charge is 2.28. The lowest BCUT2D eigenvalue weighted by atomic mass is 10.1. The minimum Gasteiger partial charge on any atom is -0.484 e. The van der Waals surface area contributed by atoms with Gasteiger partial charge in [-0.15, -0.1) is 0 Å². The minimum absolute atomic E-state index is 0.0729. The zero-order chi connectivity index (χ0) is 14.5. The average molecular weight is 276 g/mol. The Balaban J connectivity index is 2.76. The number of hydrogen-bond donors (Lipinski definition) is 2.